The number of hydrogen-bond acceptors (Lipinski definition) is 3. The SMILES string of the molecule is CCn1c2ccccc2c2cc(NC(=O)c3sccc3SC)ccc21. The molecule has 0 unspecified atom stereocenters. The zero-order valence-electron chi connectivity index (χ0n) is 14.1. The van der Waals surface area contributed by atoms with Crippen LogP contribution in [0.4, 0.5) is 5.69 Å². The standard InChI is InChI=1S/C20H18N2OS2/c1-3-22-16-7-5-4-6-14(16)15-12-13(8-9-17(15)22)21-20(23)19-18(24-2)10-11-25-19/h4-12H,3H2,1-2H3,(H,21,23). The van der Waals surface area contributed by atoms with Gasteiger partial charge in [0.2, 0.25) is 0 Å². The van der Waals surface area contributed by atoms with E-state index < -0.39 is 0 Å². The van der Waals surface area contributed by atoms with Crippen LogP contribution in [0.5, 0.6) is 0 Å². The van der Waals surface area contributed by atoms with Crippen LogP contribution in [0.1, 0.15) is 16.6 Å². The number of fused-ring (bicyclic) bond motifs is 3. The van der Waals surface area contributed by atoms with Crippen LogP contribution < -0.4 is 5.32 Å². The molecule has 2 heterocycles. The van der Waals surface area contributed by atoms with Crippen LogP contribution in [0.25, 0.3) is 21.8 Å². The van der Waals surface area contributed by atoms with E-state index in [9.17, 15) is 4.79 Å². The Labute approximate surface area is 154 Å². The summed E-state index contributed by atoms with van der Waals surface area (Å²) < 4.78 is 2.31. The molecule has 0 aliphatic rings. The molecule has 0 saturated carbocycles. The highest BCUT2D eigenvalue weighted by Crippen LogP contribution is 2.32. The number of nitrogens with one attached hydrogen (secondary N) is 1. The highest BCUT2D eigenvalue weighted by atomic mass is 32.2. The minimum Gasteiger partial charge on any atom is -0.341 e. The van der Waals surface area contributed by atoms with Crippen molar-refractivity contribution in [1.29, 1.82) is 0 Å². The van der Waals surface area contributed by atoms with Gasteiger partial charge in [-0.15, -0.1) is 23.1 Å². The van der Waals surface area contributed by atoms with Crippen LogP contribution >= 0.6 is 23.1 Å². The molecule has 4 aromatic rings. The number of thiophene rings is 1. The number of para-hydroxylation sites is 1. The second kappa shape index (κ2) is 6.58. The molecule has 0 aliphatic heterocycles. The largest absolute Gasteiger partial charge is 0.341 e. The Morgan fingerprint density at radius 1 is 1.12 bits per heavy atom. The van der Waals surface area contributed by atoms with Gasteiger partial charge in [0.1, 0.15) is 4.88 Å². The highest BCUT2D eigenvalue weighted by Gasteiger charge is 2.14. The number of amides is 1. The summed E-state index contributed by atoms with van der Waals surface area (Å²) in [4.78, 5) is 14.4. The molecule has 5 heteroatoms. The molecule has 2 aromatic carbocycles. The summed E-state index contributed by atoms with van der Waals surface area (Å²) >= 11 is 3.08. The lowest BCUT2D eigenvalue weighted by Gasteiger charge is -2.07. The third-order valence-electron chi connectivity index (χ3n) is 4.40. The van der Waals surface area contributed by atoms with Gasteiger partial charge in [-0.2, -0.15) is 0 Å². The van der Waals surface area contributed by atoms with Crippen molar-refractivity contribution in [3.8, 4) is 0 Å². The Morgan fingerprint density at radius 3 is 2.72 bits per heavy atom. The first-order valence-electron chi connectivity index (χ1n) is 8.16. The first kappa shape index (κ1) is 16.2. The van der Waals surface area contributed by atoms with Crippen molar-refractivity contribution in [3.05, 3.63) is 58.8 Å². The van der Waals surface area contributed by atoms with E-state index in [1.165, 1.54) is 33.1 Å². The highest BCUT2D eigenvalue weighted by molar-refractivity contribution is 7.98. The number of thioether (sulfide) groups is 1. The zero-order valence-corrected chi connectivity index (χ0v) is 15.7. The van der Waals surface area contributed by atoms with E-state index in [2.05, 4.69) is 53.2 Å². The Hall–Kier alpha value is -2.24. The van der Waals surface area contributed by atoms with E-state index in [1.54, 1.807) is 11.8 Å². The number of aromatic nitrogens is 1. The minimum atomic E-state index is -0.0436. The third-order valence-corrected chi connectivity index (χ3v) is 6.22. The predicted molar refractivity (Wildman–Crippen MR) is 109 cm³/mol. The molecule has 0 bridgehead atoms. The normalized spacial score (nSPS) is 11.3. The summed E-state index contributed by atoms with van der Waals surface area (Å²) in [5.41, 5.74) is 3.26. The first-order chi connectivity index (χ1) is 12.2. The average Bonchev–Trinajstić information content (AvgIpc) is 3.23. The lowest BCUT2D eigenvalue weighted by molar-refractivity contribution is 0.102. The second-order valence-corrected chi connectivity index (χ2v) is 7.53. The Balaban J connectivity index is 1.77. The molecule has 4 rings (SSSR count). The van der Waals surface area contributed by atoms with Gasteiger partial charge in [0.25, 0.3) is 5.91 Å². The van der Waals surface area contributed by atoms with Crippen LogP contribution in [0.15, 0.2) is 58.8 Å². The average molecular weight is 367 g/mol. The van der Waals surface area contributed by atoms with Crippen molar-refractivity contribution < 1.29 is 4.79 Å². The molecule has 0 aliphatic carbocycles. The lowest BCUT2D eigenvalue weighted by atomic mass is 10.1. The molecule has 1 amide bonds. The minimum absolute atomic E-state index is 0.0436. The number of rotatable bonds is 4. The van der Waals surface area contributed by atoms with Crippen LogP contribution in [0.2, 0.25) is 0 Å². The number of benzene rings is 2. The molecule has 25 heavy (non-hydrogen) atoms. The fourth-order valence-corrected chi connectivity index (χ4v) is 4.93. The maximum Gasteiger partial charge on any atom is 0.266 e. The molecule has 126 valence electrons. The predicted octanol–water partition coefficient (Wildman–Crippen LogP) is 5.85. The molecule has 1 N–H and O–H groups in total. The van der Waals surface area contributed by atoms with E-state index in [-0.39, 0.29) is 5.91 Å². The van der Waals surface area contributed by atoms with E-state index >= 15 is 0 Å². The summed E-state index contributed by atoms with van der Waals surface area (Å²) in [5.74, 6) is -0.0436. The van der Waals surface area contributed by atoms with Gasteiger partial charge in [-0.3, -0.25) is 4.79 Å². The maximum absolute atomic E-state index is 12.6. The number of carbonyl (C=O) groups excluding carboxylic acids is 1. The monoisotopic (exact) mass is 366 g/mol. The molecule has 0 fully saturated rings. The Morgan fingerprint density at radius 2 is 1.92 bits per heavy atom. The van der Waals surface area contributed by atoms with E-state index in [0.717, 1.165) is 22.0 Å². The molecular weight excluding hydrogens is 348 g/mol. The number of carbonyl (C=O) groups is 1. The van der Waals surface area contributed by atoms with Gasteiger partial charge in [-0.1, -0.05) is 18.2 Å². The van der Waals surface area contributed by atoms with Gasteiger partial charge >= 0.3 is 0 Å². The van der Waals surface area contributed by atoms with Crippen molar-refractivity contribution in [1.82, 2.24) is 4.57 Å². The van der Waals surface area contributed by atoms with Crippen molar-refractivity contribution in [3.63, 3.8) is 0 Å². The first-order valence-corrected chi connectivity index (χ1v) is 10.3. The number of nitrogens with zero attached hydrogens (tertiary/aromatic N) is 1. The summed E-state index contributed by atoms with van der Waals surface area (Å²) in [6.45, 7) is 3.07. The number of aryl methyl sites for hydroxylation is 1. The lowest BCUT2D eigenvalue weighted by Crippen LogP contribution is -2.10. The summed E-state index contributed by atoms with van der Waals surface area (Å²) in [6, 6.07) is 16.6. The molecule has 3 nitrogen and oxygen atoms in total. The van der Waals surface area contributed by atoms with Gasteiger partial charge in [0.05, 0.1) is 0 Å². The van der Waals surface area contributed by atoms with Crippen LogP contribution in [0.3, 0.4) is 0 Å². The van der Waals surface area contributed by atoms with Crippen LogP contribution in [0, 0.1) is 0 Å². The summed E-state index contributed by atoms with van der Waals surface area (Å²) in [6.07, 6.45) is 1.99. The van der Waals surface area contributed by atoms with E-state index in [4.69, 9.17) is 0 Å². The van der Waals surface area contributed by atoms with Crippen molar-refractivity contribution in [2.24, 2.45) is 0 Å². The van der Waals surface area contributed by atoms with Crippen molar-refractivity contribution in [2.45, 2.75) is 18.4 Å². The van der Waals surface area contributed by atoms with Gasteiger partial charge in [0, 0.05) is 38.9 Å². The van der Waals surface area contributed by atoms with Crippen molar-refractivity contribution in [2.75, 3.05) is 11.6 Å². The van der Waals surface area contributed by atoms with Gasteiger partial charge in [0.15, 0.2) is 0 Å². The number of hydrogen-bond donors (Lipinski definition) is 1. The Kier molecular flexibility index (Phi) is 4.27. The molecule has 0 radical (unpaired) electrons. The third kappa shape index (κ3) is 2.73. The van der Waals surface area contributed by atoms with Crippen molar-refractivity contribution >= 4 is 56.5 Å². The molecule has 0 spiro atoms. The quantitative estimate of drug-likeness (QED) is 0.460. The molecule has 2 aromatic heterocycles. The fraction of sp³-hybridized carbons (Fsp3) is 0.150. The van der Waals surface area contributed by atoms with E-state index in [1.807, 2.05) is 23.8 Å². The topological polar surface area (TPSA) is 34.0 Å². The van der Waals surface area contributed by atoms with Gasteiger partial charge in [-0.05, 0) is 48.9 Å². The molecular formula is C20H18N2OS2. The maximum atomic E-state index is 12.6. The van der Waals surface area contributed by atoms with Crippen LogP contribution in [-0.4, -0.2) is 16.7 Å². The van der Waals surface area contributed by atoms with Gasteiger partial charge < -0.3 is 9.88 Å². The zero-order chi connectivity index (χ0) is 17.4. The van der Waals surface area contributed by atoms with Crippen LogP contribution in [-0.2, 0) is 6.54 Å². The number of anilines is 1. The second-order valence-electron chi connectivity index (χ2n) is 5.77. The smallest absolute Gasteiger partial charge is 0.266 e. The van der Waals surface area contributed by atoms with Gasteiger partial charge in [-0.25, -0.2) is 0 Å². The fourth-order valence-electron chi connectivity index (χ4n) is 3.28. The summed E-state index contributed by atoms with van der Waals surface area (Å²) in [7, 11) is 0. The molecule has 0 atom stereocenters. The van der Waals surface area contributed by atoms with E-state index in [0.29, 0.717) is 0 Å². The Bertz CT molecular complexity index is 1080. The molecule has 0 saturated heterocycles. The summed E-state index contributed by atoms with van der Waals surface area (Å²) in [5, 5.41) is 7.40.